The van der Waals surface area contributed by atoms with Crippen molar-refractivity contribution in [1.29, 1.82) is 0 Å². The highest BCUT2D eigenvalue weighted by atomic mass is 79.9. The maximum atomic E-state index is 9.38. The minimum Gasteiger partial charge on any atom is -0.496 e. The molecule has 0 saturated carbocycles. The molecule has 2 rings (SSSR count). The summed E-state index contributed by atoms with van der Waals surface area (Å²) in [5.74, 6) is 1.01. The van der Waals surface area contributed by atoms with E-state index in [1.165, 1.54) is 0 Å². The van der Waals surface area contributed by atoms with E-state index in [0.717, 1.165) is 35.2 Å². The maximum absolute atomic E-state index is 9.38. The van der Waals surface area contributed by atoms with Crippen molar-refractivity contribution in [1.82, 2.24) is 0 Å². The maximum Gasteiger partial charge on any atom is 0.133 e. The minimum atomic E-state index is -0.00374. The molecule has 1 aliphatic rings. The van der Waals surface area contributed by atoms with Crippen molar-refractivity contribution in [2.75, 3.05) is 20.3 Å². The van der Waals surface area contributed by atoms with Crippen molar-refractivity contribution in [2.45, 2.75) is 18.9 Å². The lowest BCUT2D eigenvalue weighted by atomic mass is 9.90. The lowest BCUT2D eigenvalue weighted by Crippen LogP contribution is -2.25. The minimum absolute atomic E-state index is 0.00374. The molecule has 2 unspecified atom stereocenters. The fourth-order valence-corrected chi connectivity index (χ4v) is 2.82. The Labute approximate surface area is 110 Å². The Morgan fingerprint density at radius 3 is 3.00 bits per heavy atom. The van der Waals surface area contributed by atoms with Crippen molar-refractivity contribution in [3.63, 3.8) is 0 Å². The topological polar surface area (TPSA) is 38.7 Å². The first-order chi connectivity index (χ1) is 8.26. The van der Waals surface area contributed by atoms with Gasteiger partial charge in [0.15, 0.2) is 0 Å². The van der Waals surface area contributed by atoms with Crippen LogP contribution in [0, 0.1) is 5.92 Å². The Morgan fingerprint density at radius 1 is 1.53 bits per heavy atom. The van der Waals surface area contributed by atoms with Crippen LogP contribution in [-0.4, -0.2) is 25.4 Å². The summed E-state index contributed by atoms with van der Waals surface area (Å²) in [6, 6.07) is 5.94. The lowest BCUT2D eigenvalue weighted by Gasteiger charge is -2.31. The SMILES string of the molecule is COc1ccc(C2OCCCC2CO)cc1Br. The first-order valence-electron chi connectivity index (χ1n) is 5.82. The first-order valence-corrected chi connectivity index (χ1v) is 6.61. The predicted molar refractivity (Wildman–Crippen MR) is 69.2 cm³/mol. The van der Waals surface area contributed by atoms with E-state index in [4.69, 9.17) is 9.47 Å². The van der Waals surface area contributed by atoms with Crippen LogP contribution in [0.1, 0.15) is 24.5 Å². The van der Waals surface area contributed by atoms with Gasteiger partial charge in [0.1, 0.15) is 5.75 Å². The molecule has 0 aromatic heterocycles. The molecule has 0 amide bonds. The van der Waals surface area contributed by atoms with Crippen molar-refractivity contribution in [3.05, 3.63) is 28.2 Å². The number of benzene rings is 1. The van der Waals surface area contributed by atoms with E-state index < -0.39 is 0 Å². The molecule has 1 aromatic carbocycles. The van der Waals surface area contributed by atoms with Crippen LogP contribution in [0.4, 0.5) is 0 Å². The van der Waals surface area contributed by atoms with E-state index in [0.29, 0.717) is 0 Å². The van der Waals surface area contributed by atoms with Gasteiger partial charge in [-0.1, -0.05) is 6.07 Å². The van der Waals surface area contributed by atoms with E-state index >= 15 is 0 Å². The van der Waals surface area contributed by atoms with Gasteiger partial charge < -0.3 is 14.6 Å². The second-order valence-electron chi connectivity index (χ2n) is 4.27. The number of aliphatic hydroxyl groups excluding tert-OH is 1. The Bertz CT molecular complexity index is 381. The van der Waals surface area contributed by atoms with Crippen LogP contribution in [0.5, 0.6) is 5.75 Å². The van der Waals surface area contributed by atoms with Crippen LogP contribution in [0.25, 0.3) is 0 Å². The molecule has 1 N–H and O–H groups in total. The molecule has 1 aliphatic heterocycles. The lowest BCUT2D eigenvalue weighted by molar-refractivity contribution is -0.0457. The van der Waals surface area contributed by atoms with E-state index in [-0.39, 0.29) is 18.6 Å². The number of hydrogen-bond acceptors (Lipinski definition) is 3. The molecule has 0 aliphatic carbocycles. The zero-order chi connectivity index (χ0) is 12.3. The normalized spacial score (nSPS) is 24.6. The van der Waals surface area contributed by atoms with E-state index in [1.54, 1.807) is 7.11 Å². The largest absolute Gasteiger partial charge is 0.496 e. The zero-order valence-corrected chi connectivity index (χ0v) is 11.4. The van der Waals surface area contributed by atoms with Crippen LogP contribution in [0.2, 0.25) is 0 Å². The fourth-order valence-electron chi connectivity index (χ4n) is 2.26. The predicted octanol–water partition coefficient (Wildman–Crippen LogP) is 2.92. The van der Waals surface area contributed by atoms with Crippen LogP contribution >= 0.6 is 15.9 Å². The van der Waals surface area contributed by atoms with Gasteiger partial charge in [0.2, 0.25) is 0 Å². The molecule has 94 valence electrons. The molecule has 1 heterocycles. The summed E-state index contributed by atoms with van der Waals surface area (Å²) in [5, 5.41) is 9.38. The Balaban J connectivity index is 2.23. The molecule has 1 aromatic rings. The van der Waals surface area contributed by atoms with Gasteiger partial charge >= 0.3 is 0 Å². The molecule has 0 bridgehead atoms. The van der Waals surface area contributed by atoms with E-state index in [2.05, 4.69) is 15.9 Å². The van der Waals surface area contributed by atoms with E-state index in [1.807, 2.05) is 18.2 Å². The smallest absolute Gasteiger partial charge is 0.133 e. The quantitative estimate of drug-likeness (QED) is 0.933. The molecule has 0 radical (unpaired) electrons. The standard InChI is InChI=1S/C13H17BrO3/c1-16-12-5-4-9(7-11(12)14)13-10(8-15)3-2-6-17-13/h4-5,7,10,13,15H,2-3,6,8H2,1H3. The van der Waals surface area contributed by atoms with Gasteiger partial charge in [-0.15, -0.1) is 0 Å². The molecule has 3 nitrogen and oxygen atoms in total. The highest BCUT2D eigenvalue weighted by Gasteiger charge is 2.27. The Morgan fingerprint density at radius 2 is 2.35 bits per heavy atom. The van der Waals surface area contributed by atoms with Crippen LogP contribution in [0.15, 0.2) is 22.7 Å². The summed E-state index contributed by atoms with van der Waals surface area (Å²) in [5.41, 5.74) is 1.09. The zero-order valence-electron chi connectivity index (χ0n) is 9.86. The van der Waals surface area contributed by atoms with Crippen LogP contribution in [-0.2, 0) is 4.74 Å². The fraction of sp³-hybridized carbons (Fsp3) is 0.538. The van der Waals surface area contributed by atoms with Crippen molar-refractivity contribution in [3.8, 4) is 5.75 Å². The van der Waals surface area contributed by atoms with Gasteiger partial charge in [0.25, 0.3) is 0 Å². The number of methoxy groups -OCH3 is 1. The molecule has 4 heteroatoms. The molecule has 2 atom stereocenters. The molecular weight excluding hydrogens is 284 g/mol. The van der Waals surface area contributed by atoms with Crippen molar-refractivity contribution in [2.24, 2.45) is 5.92 Å². The summed E-state index contributed by atoms with van der Waals surface area (Å²) < 4.78 is 11.9. The number of hydrogen-bond donors (Lipinski definition) is 1. The van der Waals surface area contributed by atoms with E-state index in [9.17, 15) is 5.11 Å². The summed E-state index contributed by atoms with van der Waals surface area (Å²) in [7, 11) is 1.65. The first kappa shape index (κ1) is 12.9. The van der Waals surface area contributed by atoms with Gasteiger partial charge in [-0.3, -0.25) is 0 Å². The van der Waals surface area contributed by atoms with Gasteiger partial charge in [0.05, 0.1) is 17.7 Å². The molecule has 0 spiro atoms. The second-order valence-corrected chi connectivity index (χ2v) is 5.12. The molecule has 17 heavy (non-hydrogen) atoms. The van der Waals surface area contributed by atoms with Gasteiger partial charge in [-0.2, -0.15) is 0 Å². The third kappa shape index (κ3) is 2.81. The van der Waals surface area contributed by atoms with Crippen LogP contribution < -0.4 is 4.74 Å². The Hall–Kier alpha value is -0.580. The number of aliphatic hydroxyl groups is 1. The summed E-state index contributed by atoms with van der Waals surface area (Å²) in [6.45, 7) is 0.944. The average Bonchev–Trinajstić information content (AvgIpc) is 2.38. The number of ether oxygens (including phenoxy) is 2. The summed E-state index contributed by atoms with van der Waals surface area (Å²) in [6.07, 6.45) is 2.04. The van der Waals surface area contributed by atoms with Crippen molar-refractivity contribution >= 4 is 15.9 Å². The Kier molecular flexibility index (Phi) is 4.42. The highest BCUT2D eigenvalue weighted by molar-refractivity contribution is 9.10. The average molecular weight is 301 g/mol. The third-order valence-electron chi connectivity index (χ3n) is 3.18. The number of halogens is 1. The summed E-state index contributed by atoms with van der Waals surface area (Å²) in [4.78, 5) is 0. The van der Waals surface area contributed by atoms with Gasteiger partial charge in [-0.25, -0.2) is 0 Å². The van der Waals surface area contributed by atoms with Crippen LogP contribution in [0.3, 0.4) is 0 Å². The third-order valence-corrected chi connectivity index (χ3v) is 3.80. The highest BCUT2D eigenvalue weighted by Crippen LogP contribution is 2.36. The molecule has 1 saturated heterocycles. The second kappa shape index (κ2) is 5.85. The summed E-state index contributed by atoms with van der Waals surface area (Å²) >= 11 is 3.47. The monoisotopic (exact) mass is 300 g/mol. The molecular formula is C13H17BrO3. The van der Waals surface area contributed by atoms with Crippen molar-refractivity contribution < 1.29 is 14.6 Å². The molecule has 1 fully saturated rings. The van der Waals surface area contributed by atoms with Gasteiger partial charge in [0, 0.05) is 19.1 Å². The number of rotatable bonds is 3. The van der Waals surface area contributed by atoms with Gasteiger partial charge in [-0.05, 0) is 46.5 Å².